The lowest BCUT2D eigenvalue weighted by Crippen LogP contribution is -1.82. The molecular formula is C16H10. The van der Waals surface area contributed by atoms with Gasteiger partial charge in [0, 0.05) is 0 Å². The van der Waals surface area contributed by atoms with Gasteiger partial charge in [-0.05, 0) is 32.3 Å². The Morgan fingerprint density at radius 1 is 0.375 bits per heavy atom. The van der Waals surface area contributed by atoms with Crippen LogP contribution in [0.2, 0.25) is 0 Å². The number of benzene rings is 4. The molecule has 0 radical (unpaired) electrons. The Kier molecular flexibility index (Phi) is 1.39. The van der Waals surface area contributed by atoms with Gasteiger partial charge < -0.3 is 0 Å². The minimum Gasteiger partial charge on any atom is -0.0610 e. The molecule has 0 heteroatoms. The quantitative estimate of drug-likeness (QED) is 0.371. The average molecular weight is 208 g/mol. The molecule has 74 valence electrons. The van der Waals surface area contributed by atoms with Crippen LogP contribution in [0.3, 0.4) is 0 Å². The van der Waals surface area contributed by atoms with Crippen molar-refractivity contribution in [2.45, 2.75) is 0 Å². The Morgan fingerprint density at radius 3 is 1.00 bits per heavy atom. The normalized spacial score (nSPS) is 11.8. The van der Waals surface area contributed by atoms with Crippen LogP contribution in [0.5, 0.6) is 0 Å². The van der Waals surface area contributed by atoms with E-state index in [9.17, 15) is 0 Å². The third kappa shape index (κ3) is 0.892. The van der Waals surface area contributed by atoms with Crippen LogP contribution in [0.25, 0.3) is 32.3 Å². The third-order valence-electron chi connectivity index (χ3n) is 3.39. The summed E-state index contributed by atoms with van der Waals surface area (Å²) in [5, 5.41) is 8.14. The summed E-state index contributed by atoms with van der Waals surface area (Å²) in [6.07, 6.45) is 0. The fraction of sp³-hybridized carbons (Fsp3) is 0. The van der Waals surface area contributed by atoms with E-state index in [2.05, 4.69) is 60.7 Å². The highest BCUT2D eigenvalue weighted by Gasteiger charge is 2.05. The van der Waals surface area contributed by atoms with Gasteiger partial charge in [0.25, 0.3) is 0 Å². The maximum atomic E-state index is 2.21. The van der Waals surface area contributed by atoms with Gasteiger partial charge in [-0.1, -0.05) is 60.7 Å². The van der Waals surface area contributed by atoms with Crippen molar-refractivity contribution < 1.29 is 0 Å². The van der Waals surface area contributed by atoms with Crippen molar-refractivity contribution in [1.82, 2.24) is 0 Å². The standard InChI is InChI=1S/C16H10/c1-3-11-7-9-13-5-2-6-14-10-8-12(4-1)15(11)16(13)14/h1-10H/i1+1,3+1,4+1,7+1,9+1,11+1. The van der Waals surface area contributed by atoms with Crippen LogP contribution >= 0.6 is 0 Å². The summed E-state index contributed by atoms with van der Waals surface area (Å²) in [5.74, 6) is 0. The van der Waals surface area contributed by atoms with Crippen LogP contribution in [0, 0.1) is 0 Å². The van der Waals surface area contributed by atoms with Gasteiger partial charge in [0.15, 0.2) is 0 Å². The molecule has 0 saturated carbocycles. The fourth-order valence-electron chi connectivity index (χ4n) is 2.67. The molecule has 0 N–H and O–H groups in total. The van der Waals surface area contributed by atoms with Crippen LogP contribution < -0.4 is 0 Å². The molecule has 0 aromatic heterocycles. The van der Waals surface area contributed by atoms with E-state index in [4.69, 9.17) is 0 Å². The first kappa shape index (κ1) is 8.12. The van der Waals surface area contributed by atoms with Crippen molar-refractivity contribution in [2.75, 3.05) is 0 Å². The van der Waals surface area contributed by atoms with Crippen molar-refractivity contribution in [1.29, 1.82) is 0 Å². The van der Waals surface area contributed by atoms with Crippen LogP contribution in [0.4, 0.5) is 0 Å². The molecule has 0 saturated heterocycles. The largest absolute Gasteiger partial charge is 0.0610 e. The average Bonchev–Trinajstić information content (AvgIpc) is 2.36. The monoisotopic (exact) mass is 208 g/mol. The lowest BCUT2D eigenvalue weighted by Gasteiger charge is -2.09. The molecule has 0 atom stereocenters. The smallest absolute Gasteiger partial charge is 0.00268 e. The van der Waals surface area contributed by atoms with E-state index in [-0.39, 0.29) is 0 Å². The summed E-state index contributed by atoms with van der Waals surface area (Å²) in [7, 11) is 0. The van der Waals surface area contributed by atoms with Gasteiger partial charge in [-0.15, -0.1) is 0 Å². The molecule has 0 heterocycles. The molecule has 16 heavy (non-hydrogen) atoms. The van der Waals surface area contributed by atoms with E-state index in [0.717, 1.165) is 0 Å². The van der Waals surface area contributed by atoms with Gasteiger partial charge in [-0.3, -0.25) is 0 Å². The second-order valence-corrected chi connectivity index (χ2v) is 4.29. The van der Waals surface area contributed by atoms with Crippen molar-refractivity contribution in [3.05, 3.63) is 60.7 Å². The van der Waals surface area contributed by atoms with Crippen LogP contribution in [0.1, 0.15) is 0 Å². The van der Waals surface area contributed by atoms with Gasteiger partial charge in [-0.2, -0.15) is 0 Å². The van der Waals surface area contributed by atoms with E-state index in [0.29, 0.717) is 0 Å². The summed E-state index contributed by atoms with van der Waals surface area (Å²) in [6.45, 7) is 0. The summed E-state index contributed by atoms with van der Waals surface area (Å²) in [6, 6.07) is 21.9. The van der Waals surface area contributed by atoms with Gasteiger partial charge in [-0.25, -0.2) is 0 Å². The maximum absolute atomic E-state index is 2.21. The van der Waals surface area contributed by atoms with E-state index >= 15 is 0 Å². The first-order chi connectivity index (χ1) is 7.93. The molecule has 4 rings (SSSR count). The zero-order valence-corrected chi connectivity index (χ0v) is 8.77. The molecule has 0 nitrogen and oxygen atoms in total. The van der Waals surface area contributed by atoms with Crippen molar-refractivity contribution in [3.8, 4) is 0 Å². The minimum atomic E-state index is 1.34. The predicted molar refractivity (Wildman–Crippen MR) is 70.1 cm³/mol. The fourth-order valence-corrected chi connectivity index (χ4v) is 2.67. The van der Waals surface area contributed by atoms with E-state index in [1.807, 2.05) is 0 Å². The number of rotatable bonds is 0. The maximum Gasteiger partial charge on any atom is -0.00268 e. The van der Waals surface area contributed by atoms with Crippen LogP contribution in [-0.2, 0) is 0 Å². The third-order valence-corrected chi connectivity index (χ3v) is 3.39. The van der Waals surface area contributed by atoms with Gasteiger partial charge >= 0.3 is 0 Å². The molecular weight excluding hydrogens is 198 g/mol. The number of hydrogen-bond acceptors (Lipinski definition) is 0. The van der Waals surface area contributed by atoms with Gasteiger partial charge in [0.2, 0.25) is 0 Å². The molecule has 0 aliphatic rings. The lowest BCUT2D eigenvalue weighted by molar-refractivity contribution is 1.78. The Balaban J connectivity index is 2.51. The highest BCUT2D eigenvalue weighted by Crippen LogP contribution is 2.33. The van der Waals surface area contributed by atoms with E-state index in [1.165, 1.54) is 32.3 Å². The Morgan fingerprint density at radius 2 is 0.688 bits per heavy atom. The highest BCUT2D eigenvalue weighted by molar-refractivity contribution is 6.22. The molecule has 0 aliphatic carbocycles. The molecule has 0 bridgehead atoms. The number of hydrogen-bond donors (Lipinski definition) is 0. The molecule has 4 aromatic rings. The molecule has 0 fully saturated rings. The first-order valence-corrected chi connectivity index (χ1v) is 5.56. The highest BCUT2D eigenvalue weighted by atomic mass is 14.7. The minimum absolute atomic E-state index is 1.34. The topological polar surface area (TPSA) is 0 Å². The Hall–Kier alpha value is -2.08. The zero-order chi connectivity index (χ0) is 10.5. The van der Waals surface area contributed by atoms with E-state index < -0.39 is 0 Å². The molecule has 0 spiro atoms. The van der Waals surface area contributed by atoms with Gasteiger partial charge in [0.05, 0.1) is 0 Å². The van der Waals surface area contributed by atoms with Crippen molar-refractivity contribution in [2.24, 2.45) is 0 Å². The molecule has 0 aliphatic heterocycles. The SMILES string of the molecule is c1cc2ccc3[13cH][13cH][13cH][13c]4[13cH][13cH]c(c1)c2c34. The van der Waals surface area contributed by atoms with Crippen molar-refractivity contribution in [3.63, 3.8) is 0 Å². The lowest BCUT2D eigenvalue weighted by atomic mass is 10.1. The zero-order valence-electron chi connectivity index (χ0n) is 8.77. The van der Waals surface area contributed by atoms with Gasteiger partial charge in [0.1, 0.15) is 0 Å². The Bertz CT molecular complexity index is 667. The molecule has 0 amide bonds. The summed E-state index contributed by atoms with van der Waals surface area (Å²) in [5.41, 5.74) is 0. The first-order valence-electron chi connectivity index (χ1n) is 5.56. The van der Waals surface area contributed by atoms with Crippen molar-refractivity contribution >= 4 is 32.3 Å². The Labute approximate surface area is 93.5 Å². The predicted octanol–water partition coefficient (Wildman–Crippen LogP) is 4.58. The summed E-state index contributed by atoms with van der Waals surface area (Å²) < 4.78 is 0. The van der Waals surface area contributed by atoms with Crippen LogP contribution in [-0.4, -0.2) is 0 Å². The summed E-state index contributed by atoms with van der Waals surface area (Å²) >= 11 is 0. The van der Waals surface area contributed by atoms with E-state index in [1.54, 1.807) is 0 Å². The summed E-state index contributed by atoms with van der Waals surface area (Å²) in [4.78, 5) is 0. The molecule has 0 unspecified atom stereocenters. The molecule has 4 aromatic carbocycles. The second-order valence-electron chi connectivity index (χ2n) is 4.29. The van der Waals surface area contributed by atoms with Crippen LogP contribution in [0.15, 0.2) is 60.7 Å². The second kappa shape index (κ2) is 2.73.